The predicted octanol–water partition coefficient (Wildman–Crippen LogP) is 2.35. The number of nitrogens with one attached hydrogen (secondary N) is 1. The minimum Gasteiger partial charge on any atom is -0.340 e. The summed E-state index contributed by atoms with van der Waals surface area (Å²) in [5.74, 6) is 0.284. The van der Waals surface area contributed by atoms with Crippen LogP contribution in [0.25, 0.3) is 0 Å². The van der Waals surface area contributed by atoms with Gasteiger partial charge in [-0.3, -0.25) is 4.79 Å². The van der Waals surface area contributed by atoms with Gasteiger partial charge in [-0.15, -0.1) is 0 Å². The molecular formula is C17H26N2O. The van der Waals surface area contributed by atoms with Gasteiger partial charge in [-0.25, -0.2) is 0 Å². The summed E-state index contributed by atoms with van der Waals surface area (Å²) in [4.78, 5) is 14.1. The first-order valence-corrected chi connectivity index (χ1v) is 7.55. The molecule has 1 aliphatic rings. The molecule has 1 aromatic carbocycles. The van der Waals surface area contributed by atoms with E-state index in [4.69, 9.17) is 0 Å². The molecular weight excluding hydrogens is 248 g/mol. The lowest BCUT2D eigenvalue weighted by molar-refractivity contribution is -0.131. The third kappa shape index (κ3) is 4.07. The molecule has 1 aliphatic heterocycles. The molecule has 0 radical (unpaired) electrons. The maximum absolute atomic E-state index is 12.1. The van der Waals surface area contributed by atoms with Gasteiger partial charge < -0.3 is 10.2 Å². The summed E-state index contributed by atoms with van der Waals surface area (Å²) in [5, 5.41) is 3.27. The van der Waals surface area contributed by atoms with Gasteiger partial charge in [0.15, 0.2) is 0 Å². The van der Waals surface area contributed by atoms with Crippen LogP contribution in [0.1, 0.15) is 38.3 Å². The van der Waals surface area contributed by atoms with Crippen LogP contribution in [0.3, 0.4) is 0 Å². The van der Waals surface area contributed by atoms with Crippen molar-refractivity contribution in [3.05, 3.63) is 35.4 Å². The summed E-state index contributed by atoms with van der Waals surface area (Å²) in [5.41, 5.74) is 2.78. The van der Waals surface area contributed by atoms with Gasteiger partial charge in [0.25, 0.3) is 0 Å². The van der Waals surface area contributed by atoms with E-state index in [1.807, 2.05) is 4.90 Å². The summed E-state index contributed by atoms with van der Waals surface area (Å²) >= 11 is 0. The average molecular weight is 274 g/mol. The van der Waals surface area contributed by atoms with Gasteiger partial charge in [-0.1, -0.05) is 45.0 Å². The highest BCUT2D eigenvalue weighted by Crippen LogP contribution is 2.22. The fourth-order valence-corrected chi connectivity index (χ4v) is 2.50. The van der Waals surface area contributed by atoms with E-state index >= 15 is 0 Å². The standard InChI is InChI=1S/C17H26N2O/c1-17(2,3)15-7-4-14(5-8-15)6-9-16(20)19-12-10-18-11-13-19/h4-5,7-8,18H,6,9-13H2,1-3H3. The summed E-state index contributed by atoms with van der Waals surface area (Å²) in [6.45, 7) is 10.2. The average Bonchev–Trinajstić information content (AvgIpc) is 2.45. The van der Waals surface area contributed by atoms with Gasteiger partial charge in [-0.2, -0.15) is 0 Å². The van der Waals surface area contributed by atoms with E-state index < -0.39 is 0 Å². The minimum atomic E-state index is 0.190. The number of benzene rings is 1. The molecule has 0 aromatic heterocycles. The van der Waals surface area contributed by atoms with Crippen LogP contribution in [-0.4, -0.2) is 37.0 Å². The van der Waals surface area contributed by atoms with Crippen molar-refractivity contribution >= 4 is 5.91 Å². The molecule has 1 aromatic rings. The van der Waals surface area contributed by atoms with Crippen LogP contribution in [0.4, 0.5) is 0 Å². The number of nitrogens with zero attached hydrogens (tertiary/aromatic N) is 1. The van der Waals surface area contributed by atoms with Crippen molar-refractivity contribution in [3.63, 3.8) is 0 Å². The highest BCUT2D eigenvalue weighted by Gasteiger charge is 2.16. The van der Waals surface area contributed by atoms with Crippen molar-refractivity contribution in [2.75, 3.05) is 26.2 Å². The predicted molar refractivity (Wildman–Crippen MR) is 82.9 cm³/mol. The first-order chi connectivity index (χ1) is 9.47. The van der Waals surface area contributed by atoms with Gasteiger partial charge in [0.2, 0.25) is 5.91 Å². The Balaban J connectivity index is 1.86. The number of aryl methyl sites for hydroxylation is 1. The van der Waals surface area contributed by atoms with E-state index in [0.717, 1.165) is 32.6 Å². The molecule has 1 fully saturated rings. The molecule has 0 aliphatic carbocycles. The molecule has 2 rings (SSSR count). The molecule has 1 heterocycles. The van der Waals surface area contributed by atoms with E-state index in [9.17, 15) is 4.79 Å². The highest BCUT2D eigenvalue weighted by atomic mass is 16.2. The summed E-state index contributed by atoms with van der Waals surface area (Å²) < 4.78 is 0. The second-order valence-electron chi connectivity index (χ2n) is 6.58. The fourth-order valence-electron chi connectivity index (χ4n) is 2.50. The van der Waals surface area contributed by atoms with Crippen LogP contribution in [0.2, 0.25) is 0 Å². The van der Waals surface area contributed by atoms with Gasteiger partial charge in [-0.05, 0) is 23.0 Å². The van der Waals surface area contributed by atoms with E-state index in [-0.39, 0.29) is 11.3 Å². The zero-order valence-electron chi connectivity index (χ0n) is 12.9. The number of amides is 1. The second kappa shape index (κ2) is 6.40. The smallest absolute Gasteiger partial charge is 0.222 e. The Bertz CT molecular complexity index is 439. The van der Waals surface area contributed by atoms with Crippen molar-refractivity contribution < 1.29 is 4.79 Å². The quantitative estimate of drug-likeness (QED) is 0.917. The fraction of sp³-hybridized carbons (Fsp3) is 0.588. The van der Waals surface area contributed by atoms with Crippen LogP contribution in [0.5, 0.6) is 0 Å². The Kier molecular flexibility index (Phi) is 4.81. The number of carbonyl (C=O) groups excluding carboxylic acids is 1. The van der Waals surface area contributed by atoms with E-state index in [1.54, 1.807) is 0 Å². The van der Waals surface area contributed by atoms with Crippen LogP contribution < -0.4 is 5.32 Å². The van der Waals surface area contributed by atoms with Gasteiger partial charge in [0, 0.05) is 32.6 Å². The third-order valence-electron chi connectivity index (χ3n) is 3.92. The molecule has 1 saturated heterocycles. The lowest BCUT2D eigenvalue weighted by atomic mass is 9.86. The Labute approximate surface area is 122 Å². The maximum atomic E-state index is 12.1. The van der Waals surface area contributed by atoms with Gasteiger partial charge >= 0.3 is 0 Å². The first-order valence-electron chi connectivity index (χ1n) is 7.55. The lowest BCUT2D eigenvalue weighted by Gasteiger charge is -2.27. The molecule has 1 N–H and O–H groups in total. The van der Waals surface area contributed by atoms with Crippen molar-refractivity contribution in [2.45, 2.75) is 39.0 Å². The summed E-state index contributed by atoms with van der Waals surface area (Å²) in [6, 6.07) is 8.69. The molecule has 3 nitrogen and oxygen atoms in total. The molecule has 20 heavy (non-hydrogen) atoms. The molecule has 1 amide bonds. The first kappa shape index (κ1) is 15.0. The van der Waals surface area contributed by atoms with Crippen LogP contribution >= 0.6 is 0 Å². The van der Waals surface area contributed by atoms with Crippen LogP contribution in [-0.2, 0) is 16.6 Å². The monoisotopic (exact) mass is 274 g/mol. The molecule has 0 atom stereocenters. The third-order valence-corrected chi connectivity index (χ3v) is 3.92. The molecule has 3 heteroatoms. The van der Waals surface area contributed by atoms with E-state index in [0.29, 0.717) is 6.42 Å². The number of piperazine rings is 1. The Hall–Kier alpha value is -1.35. The molecule has 0 saturated carbocycles. The zero-order chi connectivity index (χ0) is 14.6. The second-order valence-corrected chi connectivity index (χ2v) is 6.58. The van der Waals surface area contributed by atoms with Crippen LogP contribution in [0, 0.1) is 0 Å². The summed E-state index contributed by atoms with van der Waals surface area (Å²) in [6.07, 6.45) is 1.46. The SMILES string of the molecule is CC(C)(C)c1ccc(CCC(=O)N2CCNCC2)cc1. The largest absolute Gasteiger partial charge is 0.340 e. The van der Waals surface area contributed by atoms with Crippen molar-refractivity contribution in [1.82, 2.24) is 10.2 Å². The Morgan fingerprint density at radius 2 is 1.75 bits per heavy atom. The molecule has 0 unspecified atom stereocenters. The topological polar surface area (TPSA) is 32.3 Å². The van der Waals surface area contributed by atoms with Crippen molar-refractivity contribution in [2.24, 2.45) is 0 Å². The molecule has 0 bridgehead atoms. The van der Waals surface area contributed by atoms with Gasteiger partial charge in [0.05, 0.1) is 0 Å². The van der Waals surface area contributed by atoms with Gasteiger partial charge in [0.1, 0.15) is 0 Å². The van der Waals surface area contributed by atoms with E-state index in [2.05, 4.69) is 50.4 Å². The highest BCUT2D eigenvalue weighted by molar-refractivity contribution is 5.76. The number of rotatable bonds is 3. The van der Waals surface area contributed by atoms with Crippen LogP contribution in [0.15, 0.2) is 24.3 Å². The minimum absolute atomic E-state index is 0.190. The molecule has 0 spiro atoms. The van der Waals surface area contributed by atoms with Crippen molar-refractivity contribution in [3.8, 4) is 0 Å². The normalized spacial score (nSPS) is 16.2. The number of carbonyl (C=O) groups is 1. The van der Waals surface area contributed by atoms with E-state index in [1.165, 1.54) is 11.1 Å². The lowest BCUT2D eigenvalue weighted by Crippen LogP contribution is -2.46. The summed E-state index contributed by atoms with van der Waals surface area (Å²) in [7, 11) is 0. The number of hydrogen-bond acceptors (Lipinski definition) is 2. The molecule has 110 valence electrons. The Morgan fingerprint density at radius 3 is 2.30 bits per heavy atom. The van der Waals surface area contributed by atoms with Crippen molar-refractivity contribution in [1.29, 1.82) is 0 Å². The zero-order valence-corrected chi connectivity index (χ0v) is 12.9. The maximum Gasteiger partial charge on any atom is 0.222 e. The number of hydrogen-bond donors (Lipinski definition) is 1. The Morgan fingerprint density at radius 1 is 1.15 bits per heavy atom.